The number of carbonyl (C=O) groups excluding carboxylic acids is 1. The van der Waals surface area contributed by atoms with Crippen LogP contribution in [-0.4, -0.2) is 49.6 Å². The highest BCUT2D eigenvalue weighted by Gasteiger charge is 2.35. The maximum atomic E-state index is 13.4. The molecule has 0 bridgehead atoms. The summed E-state index contributed by atoms with van der Waals surface area (Å²) in [6, 6.07) is 11.7. The van der Waals surface area contributed by atoms with Crippen LogP contribution in [0.5, 0.6) is 0 Å². The Morgan fingerprint density at radius 1 is 1.03 bits per heavy atom. The van der Waals surface area contributed by atoms with E-state index < -0.39 is 5.92 Å². The number of likely N-dealkylation sites (tertiary alicyclic amines) is 1. The summed E-state index contributed by atoms with van der Waals surface area (Å²) in [5.41, 5.74) is 4.16. The van der Waals surface area contributed by atoms with Gasteiger partial charge in [-0.25, -0.2) is 13.8 Å². The molecule has 0 aliphatic carbocycles. The van der Waals surface area contributed by atoms with Gasteiger partial charge in [-0.2, -0.15) is 5.10 Å². The molecule has 3 aromatic heterocycles. The van der Waals surface area contributed by atoms with Gasteiger partial charge in [0.15, 0.2) is 0 Å². The SMILES string of the molecule is O=C(c1cnc2c(ccn2-c2ccc(-c3cn[nH]c3)cc2)c1)N1CCC(F)(F)CC1. The van der Waals surface area contributed by atoms with E-state index in [9.17, 15) is 13.6 Å². The van der Waals surface area contributed by atoms with Crippen LogP contribution in [0.15, 0.2) is 61.2 Å². The number of nitrogens with one attached hydrogen (secondary N) is 1. The van der Waals surface area contributed by atoms with Gasteiger partial charge in [-0.15, -0.1) is 0 Å². The zero-order chi connectivity index (χ0) is 20.7. The second kappa shape index (κ2) is 7.05. The number of benzene rings is 1. The number of fused-ring (bicyclic) bond motifs is 1. The quantitative estimate of drug-likeness (QED) is 0.551. The number of hydrogen-bond donors (Lipinski definition) is 1. The summed E-state index contributed by atoms with van der Waals surface area (Å²) in [6.07, 6.45) is 6.44. The Morgan fingerprint density at radius 3 is 2.50 bits per heavy atom. The van der Waals surface area contributed by atoms with Crippen molar-refractivity contribution < 1.29 is 13.6 Å². The first kappa shape index (κ1) is 18.5. The number of amides is 1. The highest BCUT2D eigenvalue weighted by molar-refractivity contribution is 5.97. The fourth-order valence-electron chi connectivity index (χ4n) is 3.79. The number of rotatable bonds is 3. The number of nitrogens with zero attached hydrogens (tertiary/aromatic N) is 4. The molecule has 0 unspecified atom stereocenters. The lowest BCUT2D eigenvalue weighted by atomic mass is 10.1. The zero-order valence-corrected chi connectivity index (χ0v) is 16.1. The molecule has 0 spiro atoms. The maximum absolute atomic E-state index is 13.4. The van der Waals surface area contributed by atoms with Crippen molar-refractivity contribution in [1.29, 1.82) is 0 Å². The van der Waals surface area contributed by atoms with Gasteiger partial charge >= 0.3 is 0 Å². The number of aromatic nitrogens is 4. The fraction of sp³-hybridized carbons (Fsp3) is 0.227. The van der Waals surface area contributed by atoms with Gasteiger partial charge in [0.2, 0.25) is 0 Å². The van der Waals surface area contributed by atoms with Gasteiger partial charge in [-0.1, -0.05) is 12.1 Å². The number of aromatic amines is 1. The minimum Gasteiger partial charge on any atom is -0.338 e. The molecule has 0 atom stereocenters. The number of hydrogen-bond acceptors (Lipinski definition) is 3. The summed E-state index contributed by atoms with van der Waals surface area (Å²) in [7, 11) is 0. The highest BCUT2D eigenvalue weighted by Crippen LogP contribution is 2.29. The summed E-state index contributed by atoms with van der Waals surface area (Å²) >= 11 is 0. The van der Waals surface area contributed by atoms with Crippen LogP contribution in [0.25, 0.3) is 27.8 Å². The lowest BCUT2D eigenvalue weighted by molar-refractivity contribution is -0.0494. The summed E-state index contributed by atoms with van der Waals surface area (Å²) < 4.78 is 28.7. The molecular weight excluding hydrogens is 388 g/mol. The molecule has 0 radical (unpaired) electrons. The number of alkyl halides is 2. The third-order valence-electron chi connectivity index (χ3n) is 5.53. The zero-order valence-electron chi connectivity index (χ0n) is 16.1. The largest absolute Gasteiger partial charge is 0.338 e. The molecular formula is C22H19F2N5O. The lowest BCUT2D eigenvalue weighted by Gasteiger charge is -2.31. The monoisotopic (exact) mass is 407 g/mol. The Balaban J connectivity index is 1.39. The van der Waals surface area contributed by atoms with Crippen molar-refractivity contribution in [3.63, 3.8) is 0 Å². The third kappa shape index (κ3) is 3.34. The molecule has 4 aromatic rings. The molecule has 1 aromatic carbocycles. The first-order chi connectivity index (χ1) is 14.5. The van der Waals surface area contributed by atoms with E-state index in [0.717, 1.165) is 27.8 Å². The first-order valence-corrected chi connectivity index (χ1v) is 9.74. The van der Waals surface area contributed by atoms with Crippen LogP contribution in [-0.2, 0) is 0 Å². The maximum Gasteiger partial charge on any atom is 0.255 e. The molecule has 5 rings (SSSR count). The van der Waals surface area contributed by atoms with E-state index in [2.05, 4.69) is 15.2 Å². The summed E-state index contributed by atoms with van der Waals surface area (Å²) in [5.74, 6) is -2.93. The number of carbonyl (C=O) groups is 1. The van der Waals surface area contributed by atoms with Gasteiger partial charge in [-0.05, 0) is 29.8 Å². The van der Waals surface area contributed by atoms with Crippen molar-refractivity contribution in [2.24, 2.45) is 0 Å². The number of piperidine rings is 1. The first-order valence-electron chi connectivity index (χ1n) is 9.74. The molecule has 6 nitrogen and oxygen atoms in total. The van der Waals surface area contributed by atoms with Gasteiger partial charge in [0.25, 0.3) is 11.8 Å². The molecule has 1 saturated heterocycles. The predicted octanol–water partition coefficient (Wildman–Crippen LogP) is 4.29. The smallest absolute Gasteiger partial charge is 0.255 e. The van der Waals surface area contributed by atoms with Crippen LogP contribution in [0.4, 0.5) is 8.78 Å². The van der Waals surface area contributed by atoms with Gasteiger partial charge in [0, 0.05) is 61.2 Å². The second-order valence-electron chi connectivity index (χ2n) is 7.50. The predicted molar refractivity (Wildman–Crippen MR) is 109 cm³/mol. The molecule has 1 aliphatic rings. The fourth-order valence-corrected chi connectivity index (χ4v) is 3.79. The van der Waals surface area contributed by atoms with Crippen LogP contribution < -0.4 is 0 Å². The van der Waals surface area contributed by atoms with Crippen LogP contribution >= 0.6 is 0 Å². The Labute approximate surface area is 171 Å². The van der Waals surface area contributed by atoms with Crippen LogP contribution in [0.2, 0.25) is 0 Å². The molecule has 152 valence electrons. The molecule has 0 saturated carbocycles. The van der Waals surface area contributed by atoms with E-state index in [1.807, 2.05) is 47.3 Å². The van der Waals surface area contributed by atoms with E-state index in [4.69, 9.17) is 0 Å². The second-order valence-corrected chi connectivity index (χ2v) is 7.50. The summed E-state index contributed by atoms with van der Waals surface area (Å²) in [6.45, 7) is 0.127. The number of H-pyrrole nitrogens is 1. The van der Waals surface area contributed by atoms with Crippen molar-refractivity contribution >= 4 is 16.9 Å². The molecule has 8 heteroatoms. The molecule has 1 aliphatic heterocycles. The van der Waals surface area contributed by atoms with Crippen molar-refractivity contribution in [1.82, 2.24) is 24.6 Å². The Hall–Kier alpha value is -3.55. The van der Waals surface area contributed by atoms with Crippen molar-refractivity contribution in [2.75, 3.05) is 13.1 Å². The molecule has 1 fully saturated rings. The minimum absolute atomic E-state index is 0.0634. The van der Waals surface area contributed by atoms with E-state index >= 15 is 0 Å². The highest BCUT2D eigenvalue weighted by atomic mass is 19.3. The van der Waals surface area contributed by atoms with E-state index in [0.29, 0.717) is 5.56 Å². The Kier molecular flexibility index (Phi) is 4.34. The lowest BCUT2D eigenvalue weighted by Crippen LogP contribution is -2.42. The Morgan fingerprint density at radius 2 is 1.80 bits per heavy atom. The summed E-state index contributed by atoms with van der Waals surface area (Å²) in [5, 5.41) is 7.59. The number of halogens is 2. The normalized spacial score (nSPS) is 16.1. The molecule has 1 N–H and O–H groups in total. The van der Waals surface area contributed by atoms with Crippen LogP contribution in [0, 0.1) is 0 Å². The average molecular weight is 407 g/mol. The van der Waals surface area contributed by atoms with Crippen LogP contribution in [0.1, 0.15) is 23.2 Å². The van der Waals surface area contributed by atoms with Gasteiger partial charge in [-0.3, -0.25) is 9.89 Å². The van der Waals surface area contributed by atoms with E-state index in [1.165, 1.54) is 11.1 Å². The third-order valence-corrected chi connectivity index (χ3v) is 5.53. The van der Waals surface area contributed by atoms with E-state index in [-0.39, 0.29) is 31.8 Å². The van der Waals surface area contributed by atoms with Crippen LogP contribution in [0.3, 0.4) is 0 Å². The van der Waals surface area contributed by atoms with Gasteiger partial charge < -0.3 is 9.47 Å². The van der Waals surface area contributed by atoms with Crippen molar-refractivity contribution in [2.45, 2.75) is 18.8 Å². The molecule has 1 amide bonds. The topological polar surface area (TPSA) is 66.8 Å². The van der Waals surface area contributed by atoms with Crippen molar-refractivity contribution in [3.8, 4) is 16.8 Å². The van der Waals surface area contributed by atoms with Crippen molar-refractivity contribution in [3.05, 3.63) is 66.7 Å². The summed E-state index contributed by atoms with van der Waals surface area (Å²) in [4.78, 5) is 18.7. The molecule has 30 heavy (non-hydrogen) atoms. The van der Waals surface area contributed by atoms with Gasteiger partial charge in [0.05, 0.1) is 11.8 Å². The minimum atomic E-state index is -2.68. The van der Waals surface area contributed by atoms with E-state index in [1.54, 1.807) is 12.3 Å². The standard InChI is InChI=1S/C22H19F2N5O/c23-22(24)6-9-28(10-7-22)21(30)17-11-16-5-8-29(20(16)25-12-17)19-3-1-15(2-4-19)18-13-26-27-14-18/h1-5,8,11-14H,6-7,9-10H2,(H,26,27). The van der Waals surface area contributed by atoms with Gasteiger partial charge in [0.1, 0.15) is 5.65 Å². The number of pyridine rings is 1. The average Bonchev–Trinajstić information content (AvgIpc) is 3.43. The molecule has 4 heterocycles. The Bertz CT molecular complexity index is 1190.